The molecule has 3 N–H and O–H groups in total. The van der Waals surface area contributed by atoms with Gasteiger partial charge in [0.2, 0.25) is 0 Å². The van der Waals surface area contributed by atoms with Gasteiger partial charge in [-0.2, -0.15) is 0 Å². The van der Waals surface area contributed by atoms with Gasteiger partial charge in [-0.1, -0.05) is 0 Å². The SMILES string of the molecule is Nc1ccc(-c2ncc(-c3cccnc3)[nH]2)cc1. The number of nitrogens with two attached hydrogens (primary N) is 1. The number of H-pyrrole nitrogens is 1. The molecule has 1 aromatic carbocycles. The highest BCUT2D eigenvalue weighted by molar-refractivity contribution is 5.64. The molecule has 0 bridgehead atoms. The van der Waals surface area contributed by atoms with Gasteiger partial charge in [0.15, 0.2) is 0 Å². The molecule has 0 unspecified atom stereocenters. The van der Waals surface area contributed by atoms with Crippen LogP contribution in [0.25, 0.3) is 22.6 Å². The molecule has 88 valence electrons. The molecule has 4 nitrogen and oxygen atoms in total. The van der Waals surface area contributed by atoms with E-state index in [2.05, 4.69) is 15.0 Å². The Morgan fingerprint density at radius 3 is 2.50 bits per heavy atom. The number of benzene rings is 1. The van der Waals surface area contributed by atoms with Crippen LogP contribution in [0.15, 0.2) is 55.0 Å². The zero-order chi connectivity index (χ0) is 12.4. The first kappa shape index (κ1) is 10.5. The predicted molar refractivity (Wildman–Crippen MR) is 71.7 cm³/mol. The van der Waals surface area contributed by atoms with Crippen molar-refractivity contribution in [2.75, 3.05) is 5.73 Å². The van der Waals surface area contributed by atoms with Gasteiger partial charge in [0, 0.05) is 29.2 Å². The van der Waals surface area contributed by atoms with Crippen molar-refractivity contribution in [1.82, 2.24) is 15.0 Å². The number of aromatic amines is 1. The van der Waals surface area contributed by atoms with Crippen molar-refractivity contribution in [2.45, 2.75) is 0 Å². The lowest BCUT2D eigenvalue weighted by atomic mass is 10.2. The minimum Gasteiger partial charge on any atom is -0.399 e. The van der Waals surface area contributed by atoms with Gasteiger partial charge in [0.1, 0.15) is 5.82 Å². The normalized spacial score (nSPS) is 10.4. The third-order valence-corrected chi connectivity index (χ3v) is 2.73. The standard InChI is InChI=1S/C14H12N4/c15-12-5-3-10(4-6-12)14-17-9-13(18-14)11-2-1-7-16-8-11/h1-9H,15H2,(H,17,18). The monoisotopic (exact) mass is 236 g/mol. The van der Waals surface area contributed by atoms with E-state index in [-0.39, 0.29) is 0 Å². The number of pyridine rings is 1. The third kappa shape index (κ3) is 1.96. The summed E-state index contributed by atoms with van der Waals surface area (Å²) in [5.41, 5.74) is 9.40. The average Bonchev–Trinajstić information content (AvgIpc) is 2.90. The van der Waals surface area contributed by atoms with Crippen molar-refractivity contribution in [1.29, 1.82) is 0 Å². The van der Waals surface area contributed by atoms with E-state index in [0.29, 0.717) is 0 Å². The van der Waals surface area contributed by atoms with Crippen molar-refractivity contribution in [3.8, 4) is 22.6 Å². The van der Waals surface area contributed by atoms with Crippen LogP contribution in [0.5, 0.6) is 0 Å². The lowest BCUT2D eigenvalue weighted by molar-refractivity contribution is 1.29. The Bertz CT molecular complexity index is 641. The molecular weight excluding hydrogens is 224 g/mol. The summed E-state index contributed by atoms with van der Waals surface area (Å²) in [5.74, 6) is 0.828. The molecule has 0 spiro atoms. The smallest absolute Gasteiger partial charge is 0.137 e. The molecule has 0 aliphatic carbocycles. The second kappa shape index (κ2) is 4.33. The highest BCUT2D eigenvalue weighted by Gasteiger charge is 2.04. The van der Waals surface area contributed by atoms with Crippen LogP contribution < -0.4 is 5.73 Å². The number of rotatable bonds is 2. The summed E-state index contributed by atoms with van der Waals surface area (Å²) in [4.78, 5) is 11.7. The van der Waals surface area contributed by atoms with E-state index in [1.165, 1.54) is 0 Å². The van der Waals surface area contributed by atoms with E-state index < -0.39 is 0 Å². The van der Waals surface area contributed by atoms with Gasteiger partial charge >= 0.3 is 0 Å². The topological polar surface area (TPSA) is 67.6 Å². The average molecular weight is 236 g/mol. The molecule has 0 fully saturated rings. The van der Waals surface area contributed by atoms with E-state index >= 15 is 0 Å². The molecule has 3 rings (SSSR count). The fourth-order valence-electron chi connectivity index (χ4n) is 1.78. The fraction of sp³-hybridized carbons (Fsp3) is 0. The summed E-state index contributed by atoms with van der Waals surface area (Å²) in [6.45, 7) is 0. The molecule has 0 aliphatic rings. The zero-order valence-electron chi connectivity index (χ0n) is 9.67. The summed E-state index contributed by atoms with van der Waals surface area (Å²) in [6, 6.07) is 11.5. The summed E-state index contributed by atoms with van der Waals surface area (Å²) < 4.78 is 0. The molecule has 0 saturated heterocycles. The number of nitrogens with zero attached hydrogens (tertiary/aromatic N) is 2. The molecule has 0 atom stereocenters. The van der Waals surface area contributed by atoms with Gasteiger partial charge in [-0.15, -0.1) is 0 Å². The van der Waals surface area contributed by atoms with Crippen LogP contribution in [-0.4, -0.2) is 15.0 Å². The summed E-state index contributed by atoms with van der Waals surface area (Å²) in [7, 11) is 0. The van der Waals surface area contributed by atoms with E-state index in [9.17, 15) is 0 Å². The summed E-state index contributed by atoms with van der Waals surface area (Å²) >= 11 is 0. The Hall–Kier alpha value is -2.62. The van der Waals surface area contributed by atoms with Gasteiger partial charge in [0.05, 0.1) is 11.9 Å². The number of hydrogen-bond donors (Lipinski definition) is 2. The Labute approximate surface area is 105 Å². The van der Waals surface area contributed by atoms with Crippen LogP contribution in [0.4, 0.5) is 5.69 Å². The number of nitrogen functional groups attached to an aromatic ring is 1. The van der Waals surface area contributed by atoms with Crippen LogP contribution >= 0.6 is 0 Å². The van der Waals surface area contributed by atoms with Crippen molar-refractivity contribution in [3.05, 3.63) is 55.0 Å². The molecule has 2 heterocycles. The number of nitrogens with one attached hydrogen (secondary N) is 1. The first-order valence-corrected chi connectivity index (χ1v) is 5.64. The second-order valence-corrected chi connectivity index (χ2v) is 4.01. The lowest BCUT2D eigenvalue weighted by Crippen LogP contribution is -1.85. The zero-order valence-corrected chi connectivity index (χ0v) is 9.67. The van der Waals surface area contributed by atoms with Crippen molar-refractivity contribution < 1.29 is 0 Å². The number of hydrogen-bond acceptors (Lipinski definition) is 3. The van der Waals surface area contributed by atoms with Crippen LogP contribution in [0.2, 0.25) is 0 Å². The van der Waals surface area contributed by atoms with Crippen LogP contribution in [0, 0.1) is 0 Å². The van der Waals surface area contributed by atoms with Gasteiger partial charge in [-0.05, 0) is 36.4 Å². The summed E-state index contributed by atoms with van der Waals surface area (Å²) in [5, 5.41) is 0. The van der Waals surface area contributed by atoms with Gasteiger partial charge in [-0.25, -0.2) is 4.98 Å². The molecule has 2 aromatic heterocycles. The van der Waals surface area contributed by atoms with Crippen molar-refractivity contribution in [2.24, 2.45) is 0 Å². The maximum Gasteiger partial charge on any atom is 0.137 e. The van der Waals surface area contributed by atoms with Gasteiger partial charge in [-0.3, -0.25) is 4.98 Å². The Balaban J connectivity index is 1.97. The van der Waals surface area contributed by atoms with Crippen LogP contribution in [0.1, 0.15) is 0 Å². The maximum atomic E-state index is 5.66. The van der Waals surface area contributed by atoms with Crippen LogP contribution in [-0.2, 0) is 0 Å². The molecule has 4 heteroatoms. The molecule has 0 radical (unpaired) electrons. The lowest BCUT2D eigenvalue weighted by Gasteiger charge is -1.98. The summed E-state index contributed by atoms with van der Waals surface area (Å²) in [6.07, 6.45) is 5.36. The Morgan fingerprint density at radius 1 is 0.944 bits per heavy atom. The maximum absolute atomic E-state index is 5.66. The first-order chi connectivity index (χ1) is 8.83. The first-order valence-electron chi connectivity index (χ1n) is 5.64. The highest BCUT2D eigenvalue weighted by atomic mass is 14.9. The highest BCUT2D eigenvalue weighted by Crippen LogP contribution is 2.21. The van der Waals surface area contributed by atoms with E-state index in [1.807, 2.05) is 42.6 Å². The number of aromatic nitrogens is 3. The van der Waals surface area contributed by atoms with E-state index in [0.717, 1.165) is 28.3 Å². The molecule has 3 aromatic rings. The molecule has 0 aliphatic heterocycles. The molecule has 0 saturated carbocycles. The Morgan fingerprint density at radius 2 is 1.78 bits per heavy atom. The molecule has 18 heavy (non-hydrogen) atoms. The Kier molecular flexibility index (Phi) is 2.53. The predicted octanol–water partition coefficient (Wildman–Crippen LogP) is 2.72. The van der Waals surface area contributed by atoms with Crippen molar-refractivity contribution in [3.63, 3.8) is 0 Å². The third-order valence-electron chi connectivity index (χ3n) is 2.73. The number of anilines is 1. The minimum atomic E-state index is 0.748. The van der Waals surface area contributed by atoms with Gasteiger partial charge in [0.25, 0.3) is 0 Å². The van der Waals surface area contributed by atoms with E-state index in [4.69, 9.17) is 5.73 Å². The van der Waals surface area contributed by atoms with Crippen molar-refractivity contribution >= 4 is 5.69 Å². The quantitative estimate of drug-likeness (QED) is 0.672. The fourth-order valence-corrected chi connectivity index (χ4v) is 1.78. The largest absolute Gasteiger partial charge is 0.399 e. The van der Waals surface area contributed by atoms with E-state index in [1.54, 1.807) is 12.4 Å². The van der Waals surface area contributed by atoms with Gasteiger partial charge < -0.3 is 10.7 Å². The molecule has 0 amide bonds. The number of imidazole rings is 1. The second-order valence-electron chi connectivity index (χ2n) is 4.01. The molecular formula is C14H12N4. The minimum absolute atomic E-state index is 0.748. The van der Waals surface area contributed by atoms with Crippen LogP contribution in [0.3, 0.4) is 0 Å².